The maximum absolute atomic E-state index is 5.75. The summed E-state index contributed by atoms with van der Waals surface area (Å²) in [5.74, 6) is 0. The Kier molecular flexibility index (Phi) is 13.4. The van der Waals surface area contributed by atoms with Gasteiger partial charge in [-0.1, -0.05) is 24.3 Å². The van der Waals surface area contributed by atoms with Gasteiger partial charge in [-0.25, -0.2) is 0 Å². The summed E-state index contributed by atoms with van der Waals surface area (Å²) in [6.07, 6.45) is 3.98. The van der Waals surface area contributed by atoms with E-state index in [1.165, 1.54) is 0 Å². The van der Waals surface area contributed by atoms with Crippen molar-refractivity contribution in [3.05, 3.63) is 35.4 Å². The Labute approximate surface area is 158 Å². The molecule has 2 unspecified atom stereocenters. The van der Waals surface area contributed by atoms with Crippen molar-refractivity contribution in [1.29, 1.82) is 0 Å². The lowest BCUT2D eigenvalue weighted by atomic mass is 10.1. The molecule has 2 atom stereocenters. The summed E-state index contributed by atoms with van der Waals surface area (Å²) in [6.45, 7) is 3.69. The fraction of sp³-hybridized carbons (Fsp3) is 0.700. The van der Waals surface area contributed by atoms with E-state index in [4.69, 9.17) is 30.4 Å². The van der Waals surface area contributed by atoms with Crippen LogP contribution >= 0.6 is 0 Å². The molecule has 0 saturated heterocycles. The normalized spacial score (nSPS) is 13.7. The summed E-state index contributed by atoms with van der Waals surface area (Å²) < 4.78 is 22.3. The fourth-order valence-electron chi connectivity index (χ4n) is 2.58. The molecular weight excluding hydrogens is 332 g/mol. The zero-order chi connectivity index (χ0) is 19.0. The molecule has 0 aliphatic heterocycles. The molecule has 0 aromatic heterocycles. The Morgan fingerprint density at radius 1 is 0.731 bits per heavy atom. The molecule has 0 radical (unpaired) electrons. The van der Waals surface area contributed by atoms with Gasteiger partial charge in [-0.05, 0) is 49.9 Å². The van der Waals surface area contributed by atoms with E-state index < -0.39 is 0 Å². The van der Waals surface area contributed by atoms with E-state index in [9.17, 15) is 0 Å². The van der Waals surface area contributed by atoms with Crippen molar-refractivity contribution in [2.45, 2.75) is 51.1 Å². The Hall–Kier alpha value is -1.02. The SMILES string of the molecule is COC(CCCN)COCc1ccc(COCC(CCCN)OC)cc1. The molecule has 0 fully saturated rings. The minimum atomic E-state index is 0.110. The lowest BCUT2D eigenvalue weighted by Gasteiger charge is -2.16. The van der Waals surface area contributed by atoms with Crippen LogP contribution < -0.4 is 11.5 Å². The second kappa shape index (κ2) is 15.1. The third-order valence-corrected chi connectivity index (χ3v) is 4.30. The minimum Gasteiger partial charge on any atom is -0.379 e. The van der Waals surface area contributed by atoms with Gasteiger partial charge in [0.15, 0.2) is 0 Å². The molecule has 0 saturated carbocycles. The van der Waals surface area contributed by atoms with Gasteiger partial charge >= 0.3 is 0 Å². The number of hydrogen-bond acceptors (Lipinski definition) is 6. The lowest BCUT2D eigenvalue weighted by molar-refractivity contribution is -0.00310. The molecule has 0 heterocycles. The smallest absolute Gasteiger partial charge is 0.0805 e. The zero-order valence-electron chi connectivity index (χ0n) is 16.3. The highest BCUT2D eigenvalue weighted by molar-refractivity contribution is 5.21. The van der Waals surface area contributed by atoms with Gasteiger partial charge in [-0.15, -0.1) is 0 Å². The van der Waals surface area contributed by atoms with Crippen molar-refractivity contribution in [3.8, 4) is 0 Å². The third-order valence-electron chi connectivity index (χ3n) is 4.30. The molecule has 0 amide bonds. The van der Waals surface area contributed by atoms with Crippen LogP contribution in [0.15, 0.2) is 24.3 Å². The average Bonchev–Trinajstić information content (AvgIpc) is 2.68. The van der Waals surface area contributed by atoms with E-state index in [0.717, 1.165) is 36.8 Å². The Morgan fingerprint density at radius 2 is 1.12 bits per heavy atom. The van der Waals surface area contributed by atoms with Gasteiger partial charge < -0.3 is 30.4 Å². The maximum Gasteiger partial charge on any atom is 0.0805 e. The third kappa shape index (κ3) is 10.2. The molecule has 0 aliphatic rings. The van der Waals surface area contributed by atoms with Crippen LogP contribution in [0.25, 0.3) is 0 Å². The van der Waals surface area contributed by atoms with Crippen molar-refractivity contribution < 1.29 is 18.9 Å². The van der Waals surface area contributed by atoms with Gasteiger partial charge in [0.1, 0.15) is 0 Å². The molecule has 1 aromatic rings. The monoisotopic (exact) mass is 368 g/mol. The molecule has 6 nitrogen and oxygen atoms in total. The second-order valence-corrected chi connectivity index (χ2v) is 6.42. The molecule has 1 rings (SSSR count). The van der Waals surface area contributed by atoms with Crippen LogP contribution in [-0.4, -0.2) is 52.7 Å². The summed E-state index contributed by atoms with van der Waals surface area (Å²) in [6, 6.07) is 8.29. The number of rotatable bonds is 16. The maximum atomic E-state index is 5.75. The van der Waals surface area contributed by atoms with Crippen LogP contribution in [0.2, 0.25) is 0 Å². The first kappa shape index (κ1) is 23.0. The first-order valence-electron chi connectivity index (χ1n) is 9.42. The lowest BCUT2D eigenvalue weighted by Crippen LogP contribution is -2.19. The number of nitrogens with two attached hydrogens (primary N) is 2. The van der Waals surface area contributed by atoms with Gasteiger partial charge in [0.05, 0.1) is 38.6 Å². The highest BCUT2D eigenvalue weighted by Crippen LogP contribution is 2.10. The van der Waals surface area contributed by atoms with Gasteiger partial charge in [0.25, 0.3) is 0 Å². The van der Waals surface area contributed by atoms with Crippen molar-refractivity contribution >= 4 is 0 Å². The van der Waals surface area contributed by atoms with Crippen molar-refractivity contribution in [2.24, 2.45) is 11.5 Å². The summed E-state index contributed by atoms with van der Waals surface area (Å²) in [5, 5.41) is 0. The average molecular weight is 369 g/mol. The van der Waals surface area contributed by atoms with Gasteiger partial charge in [0, 0.05) is 14.2 Å². The van der Waals surface area contributed by atoms with Gasteiger partial charge in [0.2, 0.25) is 0 Å². The zero-order valence-corrected chi connectivity index (χ0v) is 16.3. The van der Waals surface area contributed by atoms with Crippen molar-refractivity contribution in [1.82, 2.24) is 0 Å². The molecule has 0 bridgehead atoms. The number of methoxy groups -OCH3 is 2. The molecule has 0 aliphatic carbocycles. The van der Waals surface area contributed by atoms with Crippen molar-refractivity contribution in [3.63, 3.8) is 0 Å². The number of ether oxygens (including phenoxy) is 4. The van der Waals surface area contributed by atoms with Crippen molar-refractivity contribution in [2.75, 3.05) is 40.5 Å². The molecule has 4 N–H and O–H groups in total. The van der Waals surface area contributed by atoms with Gasteiger partial charge in [-0.2, -0.15) is 0 Å². The van der Waals surface area contributed by atoms with Crippen LogP contribution in [0.3, 0.4) is 0 Å². The van der Waals surface area contributed by atoms with Crippen LogP contribution in [0, 0.1) is 0 Å². The topological polar surface area (TPSA) is 89.0 Å². The molecule has 26 heavy (non-hydrogen) atoms. The Bertz CT molecular complexity index is 401. The summed E-state index contributed by atoms with van der Waals surface area (Å²) >= 11 is 0. The second-order valence-electron chi connectivity index (χ2n) is 6.42. The highest BCUT2D eigenvalue weighted by atomic mass is 16.5. The first-order chi connectivity index (χ1) is 12.7. The molecule has 0 spiro atoms. The van der Waals surface area contributed by atoms with E-state index in [0.29, 0.717) is 39.5 Å². The Balaban J connectivity index is 2.26. The summed E-state index contributed by atoms with van der Waals surface area (Å²) in [5.41, 5.74) is 13.3. The standard InChI is InChI=1S/C20H36N2O4/c1-23-19(5-3-11-21)15-25-13-17-7-9-18(10-8-17)14-26-16-20(24-2)6-4-12-22/h7-10,19-20H,3-6,11-16,21-22H2,1-2H3. The van der Waals surface area contributed by atoms with E-state index in [2.05, 4.69) is 24.3 Å². The summed E-state index contributed by atoms with van der Waals surface area (Å²) in [7, 11) is 3.42. The van der Waals surface area contributed by atoms with Crippen LogP contribution in [0.5, 0.6) is 0 Å². The molecular formula is C20H36N2O4. The Morgan fingerprint density at radius 3 is 1.42 bits per heavy atom. The van der Waals surface area contributed by atoms with E-state index in [1.807, 2.05) is 0 Å². The number of benzene rings is 1. The largest absolute Gasteiger partial charge is 0.379 e. The molecule has 6 heteroatoms. The van der Waals surface area contributed by atoms with E-state index in [-0.39, 0.29) is 12.2 Å². The van der Waals surface area contributed by atoms with E-state index in [1.54, 1.807) is 14.2 Å². The molecule has 1 aromatic carbocycles. The first-order valence-corrected chi connectivity index (χ1v) is 9.42. The fourth-order valence-corrected chi connectivity index (χ4v) is 2.58. The highest BCUT2D eigenvalue weighted by Gasteiger charge is 2.08. The van der Waals surface area contributed by atoms with Crippen LogP contribution in [0.4, 0.5) is 0 Å². The quantitative estimate of drug-likeness (QED) is 0.465. The predicted octanol–water partition coefficient (Wildman–Crippen LogP) is 2.23. The predicted molar refractivity (Wildman–Crippen MR) is 104 cm³/mol. The van der Waals surface area contributed by atoms with Gasteiger partial charge in [-0.3, -0.25) is 0 Å². The number of hydrogen-bond donors (Lipinski definition) is 2. The van der Waals surface area contributed by atoms with E-state index >= 15 is 0 Å². The summed E-state index contributed by atoms with van der Waals surface area (Å²) in [4.78, 5) is 0. The van der Waals surface area contributed by atoms with Crippen LogP contribution in [-0.2, 0) is 32.2 Å². The minimum absolute atomic E-state index is 0.110. The molecule has 150 valence electrons. The van der Waals surface area contributed by atoms with Crippen LogP contribution in [0.1, 0.15) is 36.8 Å².